The smallest absolute Gasteiger partial charge is 0.323 e. The fraction of sp³-hybridized carbons (Fsp3) is 0.222. The zero-order valence-corrected chi connectivity index (χ0v) is 17.9. The minimum atomic E-state index is -2.95. The van der Waals surface area contributed by atoms with E-state index in [1.165, 1.54) is 18.2 Å². The molecule has 1 aliphatic heterocycles. The van der Waals surface area contributed by atoms with E-state index in [4.69, 9.17) is 9.08 Å². The number of hydrogen-bond donors (Lipinski definition) is 3. The Labute approximate surface area is 186 Å². The van der Waals surface area contributed by atoms with Crippen LogP contribution in [0.5, 0.6) is 0 Å². The number of anilines is 1. The van der Waals surface area contributed by atoms with E-state index >= 15 is 0 Å². The van der Waals surface area contributed by atoms with E-state index in [1.54, 1.807) is 0 Å². The van der Waals surface area contributed by atoms with Gasteiger partial charge in [-0.05, 0) is 24.3 Å². The van der Waals surface area contributed by atoms with Gasteiger partial charge in [-0.15, -0.1) is 0 Å². The Morgan fingerprint density at radius 3 is 2.55 bits per heavy atom. The predicted molar refractivity (Wildman–Crippen MR) is 112 cm³/mol. The minimum Gasteiger partial charge on any atom is -0.354 e. The summed E-state index contributed by atoms with van der Waals surface area (Å²) in [7, 11) is 0. The van der Waals surface area contributed by atoms with Crippen molar-refractivity contribution >= 4 is 51.0 Å². The Hall–Kier alpha value is -2.35. The van der Waals surface area contributed by atoms with Gasteiger partial charge in [0.2, 0.25) is 0 Å². The summed E-state index contributed by atoms with van der Waals surface area (Å²) in [6.45, 7) is -0.829. The van der Waals surface area contributed by atoms with E-state index in [9.17, 15) is 22.4 Å². The second kappa shape index (κ2) is 9.42. The standard InChI is InChI=1S/C18H12BrF4N3O2.H3NOS/c19-9-6-10(14-11(20)2-1-3-12(14)21)15-13(7-9)28-25-16(15)24-17(27)26-5-4-18(22,23)8-26;1-3-2/h1-3,6-7H,4-5,8H2,(H,24,25,27);2H,1H2. The largest absolute Gasteiger partial charge is 0.354 e. The molecule has 2 aromatic carbocycles. The van der Waals surface area contributed by atoms with E-state index < -0.39 is 36.6 Å². The van der Waals surface area contributed by atoms with Crippen LogP contribution in [0.4, 0.5) is 28.2 Å². The van der Waals surface area contributed by atoms with Crippen LogP contribution < -0.4 is 10.5 Å². The molecule has 2 heterocycles. The summed E-state index contributed by atoms with van der Waals surface area (Å²) in [5, 5.41) is 10.6. The third-order valence-corrected chi connectivity index (χ3v) is 4.91. The first kappa shape index (κ1) is 23.3. The molecule has 4 N–H and O–H groups in total. The van der Waals surface area contributed by atoms with Crippen LogP contribution in [-0.2, 0) is 0 Å². The first-order valence-corrected chi connectivity index (χ1v) is 10.3. The van der Waals surface area contributed by atoms with Gasteiger partial charge < -0.3 is 14.0 Å². The van der Waals surface area contributed by atoms with E-state index in [0.29, 0.717) is 4.47 Å². The number of urea groups is 1. The van der Waals surface area contributed by atoms with Crippen molar-refractivity contribution in [1.82, 2.24) is 10.1 Å². The van der Waals surface area contributed by atoms with Crippen LogP contribution in [0.15, 0.2) is 39.3 Å². The molecule has 1 aromatic heterocycles. The van der Waals surface area contributed by atoms with Gasteiger partial charge in [-0.1, -0.05) is 27.2 Å². The van der Waals surface area contributed by atoms with Crippen LogP contribution in [-0.4, -0.2) is 39.7 Å². The second-order valence-electron chi connectivity index (χ2n) is 6.52. The van der Waals surface area contributed by atoms with Crippen LogP contribution in [0.3, 0.4) is 0 Å². The lowest BCUT2D eigenvalue weighted by atomic mass is 10.0. The number of carbonyl (C=O) groups is 1. The fourth-order valence-corrected chi connectivity index (χ4v) is 3.60. The van der Waals surface area contributed by atoms with Gasteiger partial charge in [0.25, 0.3) is 5.92 Å². The summed E-state index contributed by atoms with van der Waals surface area (Å²) in [6, 6.07) is 5.61. The van der Waals surface area contributed by atoms with E-state index in [2.05, 4.69) is 31.5 Å². The number of amides is 2. The molecule has 1 fully saturated rings. The molecule has 0 atom stereocenters. The molecule has 0 saturated carbocycles. The van der Waals surface area contributed by atoms with Gasteiger partial charge in [0, 0.05) is 23.0 Å². The Balaban J connectivity index is 0.000000858. The third-order valence-electron chi connectivity index (χ3n) is 4.45. The summed E-state index contributed by atoms with van der Waals surface area (Å²) in [6.07, 6.45) is -0.432. The number of benzene rings is 2. The zero-order chi connectivity index (χ0) is 22.8. The van der Waals surface area contributed by atoms with Gasteiger partial charge in [-0.2, -0.15) is 0 Å². The molecule has 0 radical (unpaired) electrons. The second-order valence-corrected chi connectivity index (χ2v) is 7.64. The number of halogens is 5. The summed E-state index contributed by atoms with van der Waals surface area (Å²) in [4.78, 5) is 13.3. The molecule has 0 aliphatic carbocycles. The average molecular weight is 523 g/mol. The molecule has 0 bridgehead atoms. The van der Waals surface area contributed by atoms with Crippen LogP contribution in [0.1, 0.15) is 6.42 Å². The molecule has 0 unspecified atom stereocenters. The molecule has 31 heavy (non-hydrogen) atoms. The van der Waals surface area contributed by atoms with Gasteiger partial charge >= 0.3 is 6.03 Å². The maximum Gasteiger partial charge on any atom is 0.323 e. The normalized spacial score (nSPS) is 15.0. The van der Waals surface area contributed by atoms with Crippen molar-refractivity contribution in [3.05, 3.63) is 46.4 Å². The Morgan fingerprint density at radius 1 is 1.32 bits per heavy atom. The topological polar surface area (TPSA) is 105 Å². The number of nitrogens with two attached hydrogens (primary N) is 1. The van der Waals surface area contributed by atoms with Gasteiger partial charge in [-0.25, -0.2) is 22.4 Å². The number of aromatic nitrogens is 1. The van der Waals surface area contributed by atoms with Crippen molar-refractivity contribution in [2.24, 2.45) is 5.14 Å². The van der Waals surface area contributed by atoms with Crippen molar-refractivity contribution < 1.29 is 31.4 Å². The highest BCUT2D eigenvalue weighted by atomic mass is 79.9. The minimum absolute atomic E-state index is 0.100. The van der Waals surface area contributed by atoms with Crippen LogP contribution in [0, 0.1) is 11.6 Å². The molecule has 0 spiro atoms. The first-order chi connectivity index (χ1) is 14.7. The molecule has 1 saturated heterocycles. The molecular formula is C18H15BrF4N4O3S. The Bertz CT molecular complexity index is 1090. The van der Waals surface area contributed by atoms with Gasteiger partial charge in [0.05, 0.1) is 29.7 Å². The fourth-order valence-electron chi connectivity index (χ4n) is 3.17. The molecule has 1 aliphatic rings. The highest BCUT2D eigenvalue weighted by Crippen LogP contribution is 2.39. The maximum atomic E-state index is 14.3. The van der Waals surface area contributed by atoms with Gasteiger partial charge in [0.1, 0.15) is 11.6 Å². The molecular weight excluding hydrogens is 508 g/mol. The van der Waals surface area contributed by atoms with Crippen molar-refractivity contribution in [2.75, 3.05) is 18.4 Å². The lowest BCUT2D eigenvalue weighted by Gasteiger charge is -2.16. The quantitative estimate of drug-likeness (QED) is 0.234. The zero-order valence-electron chi connectivity index (χ0n) is 15.5. The maximum absolute atomic E-state index is 14.3. The average Bonchev–Trinajstić information content (AvgIpc) is 3.25. The number of nitrogens with zero attached hydrogens (tertiary/aromatic N) is 2. The van der Waals surface area contributed by atoms with Gasteiger partial charge in [-0.3, -0.25) is 10.5 Å². The highest BCUT2D eigenvalue weighted by molar-refractivity contribution is 9.10. The molecule has 4 rings (SSSR count). The number of rotatable bonds is 2. The number of alkyl halides is 2. The predicted octanol–water partition coefficient (Wildman–Crippen LogP) is 5.47. The molecule has 7 nitrogen and oxygen atoms in total. The summed E-state index contributed by atoms with van der Waals surface area (Å²) < 4.78 is 68.3. The van der Waals surface area contributed by atoms with E-state index in [1.807, 2.05) is 0 Å². The van der Waals surface area contributed by atoms with Crippen molar-refractivity contribution in [3.8, 4) is 11.1 Å². The van der Waals surface area contributed by atoms with Crippen molar-refractivity contribution in [2.45, 2.75) is 12.3 Å². The molecule has 166 valence electrons. The summed E-state index contributed by atoms with van der Waals surface area (Å²) >= 11 is 3.49. The van der Waals surface area contributed by atoms with Crippen molar-refractivity contribution in [3.63, 3.8) is 0 Å². The molecule has 13 heteroatoms. The number of hydrogen-bond acceptors (Lipinski definition) is 6. The van der Waals surface area contributed by atoms with Crippen LogP contribution >= 0.6 is 28.2 Å². The Morgan fingerprint density at radius 2 is 1.97 bits per heavy atom. The summed E-state index contributed by atoms with van der Waals surface area (Å²) in [5.74, 6) is -4.68. The third kappa shape index (κ3) is 5.11. The van der Waals surface area contributed by atoms with Crippen molar-refractivity contribution in [1.29, 1.82) is 0 Å². The monoisotopic (exact) mass is 522 g/mol. The van der Waals surface area contributed by atoms with Crippen LogP contribution in [0.25, 0.3) is 22.1 Å². The lowest BCUT2D eigenvalue weighted by molar-refractivity contribution is 0.0159. The number of fused-ring (bicyclic) bond motifs is 1. The number of nitrogens with one attached hydrogen (secondary N) is 1. The number of carbonyl (C=O) groups excluding carboxylic acids is 1. The van der Waals surface area contributed by atoms with Gasteiger partial charge in [0.15, 0.2) is 11.4 Å². The highest BCUT2D eigenvalue weighted by Gasteiger charge is 2.40. The first-order valence-electron chi connectivity index (χ1n) is 8.64. The number of likely N-dealkylation sites (tertiary alicyclic amines) is 1. The SMILES string of the molecule is NSO.O=C(Nc1noc2cc(Br)cc(-c3c(F)cccc3F)c12)N1CCC(F)(F)C1. The van der Waals surface area contributed by atoms with E-state index in [-0.39, 0.29) is 46.7 Å². The lowest BCUT2D eigenvalue weighted by Crippen LogP contribution is -2.35. The summed E-state index contributed by atoms with van der Waals surface area (Å²) in [5.41, 5.74) is -0.0578. The van der Waals surface area contributed by atoms with Crippen LogP contribution in [0.2, 0.25) is 0 Å². The molecule has 2 amide bonds. The molecule has 3 aromatic rings. The Kier molecular flexibility index (Phi) is 7.09. The van der Waals surface area contributed by atoms with E-state index in [0.717, 1.165) is 17.0 Å².